The molecule has 5 aliphatic rings. The number of hydrogen-bond acceptors (Lipinski definition) is 9. The molecule has 4 atom stereocenters. The first-order valence-corrected chi connectivity index (χ1v) is 20.5. The van der Waals surface area contributed by atoms with E-state index in [0.29, 0.717) is 19.5 Å². The van der Waals surface area contributed by atoms with Crippen molar-refractivity contribution in [2.45, 2.75) is 102 Å². The number of carbonyl (C=O) groups is 4. The van der Waals surface area contributed by atoms with Crippen molar-refractivity contribution in [1.29, 1.82) is 0 Å². The van der Waals surface area contributed by atoms with Crippen LogP contribution in [-0.4, -0.2) is 94.9 Å². The van der Waals surface area contributed by atoms with Crippen molar-refractivity contribution in [3.05, 3.63) is 71.3 Å². The van der Waals surface area contributed by atoms with E-state index >= 15 is 0 Å². The number of imidazole rings is 1. The molecule has 1 spiro atoms. The van der Waals surface area contributed by atoms with Gasteiger partial charge in [-0.15, -0.1) is 0 Å². The molecular weight excluding hydrogens is 739 g/mol. The fourth-order valence-electron chi connectivity index (χ4n) is 9.22. The Hall–Kier alpha value is -5.66. The number of aromatic nitrogens is 2. The average molecular weight is 792 g/mol. The van der Waals surface area contributed by atoms with E-state index in [1.165, 1.54) is 19.8 Å². The zero-order valence-electron chi connectivity index (χ0n) is 34.1. The first-order chi connectivity index (χ1) is 27.9. The molecule has 0 bridgehead atoms. The van der Waals surface area contributed by atoms with Gasteiger partial charge in [-0.25, -0.2) is 14.6 Å². The number of alkyl carbamates (subject to hydrolysis) is 2. The normalized spacial score (nSPS) is 21.2. The third-order valence-electron chi connectivity index (χ3n) is 12.6. The lowest BCUT2D eigenvalue weighted by Crippen LogP contribution is -2.53. The van der Waals surface area contributed by atoms with Crippen molar-refractivity contribution in [2.24, 2.45) is 16.8 Å². The van der Waals surface area contributed by atoms with Gasteiger partial charge >= 0.3 is 12.2 Å². The quantitative estimate of drug-likeness (QED) is 0.200. The Bertz CT molecular complexity index is 2190. The van der Waals surface area contributed by atoms with Crippen LogP contribution in [0.1, 0.15) is 101 Å². The Morgan fingerprint density at radius 1 is 0.810 bits per heavy atom. The molecule has 1 saturated carbocycles. The number of allylic oxidation sites excluding steroid dienone is 1. The summed E-state index contributed by atoms with van der Waals surface area (Å²) < 4.78 is 16.2. The average Bonchev–Trinajstić information content (AvgIpc) is 3.78. The number of aliphatic imine (C=N–C) groups is 1. The van der Waals surface area contributed by atoms with Gasteiger partial charge < -0.3 is 39.6 Å². The van der Waals surface area contributed by atoms with Crippen molar-refractivity contribution in [3.8, 4) is 22.8 Å². The minimum Gasteiger partial charge on any atom is -0.457 e. The second kappa shape index (κ2) is 15.6. The number of H-pyrrole nitrogens is 1. The smallest absolute Gasteiger partial charge is 0.407 e. The van der Waals surface area contributed by atoms with Crippen LogP contribution in [0.25, 0.3) is 16.8 Å². The van der Waals surface area contributed by atoms with Crippen LogP contribution in [0.5, 0.6) is 11.5 Å². The molecule has 1 aromatic heterocycles. The monoisotopic (exact) mass is 791 g/mol. The van der Waals surface area contributed by atoms with E-state index in [4.69, 9.17) is 24.2 Å². The molecule has 3 aromatic rings. The molecule has 1 aliphatic carbocycles. The van der Waals surface area contributed by atoms with Gasteiger partial charge in [0, 0.05) is 53.5 Å². The zero-order chi connectivity index (χ0) is 40.9. The summed E-state index contributed by atoms with van der Waals surface area (Å²) in [6.45, 7) is 8.86. The van der Waals surface area contributed by atoms with E-state index in [1.54, 1.807) is 0 Å². The van der Waals surface area contributed by atoms with E-state index in [0.717, 1.165) is 89.5 Å². The first-order valence-electron chi connectivity index (χ1n) is 20.5. The van der Waals surface area contributed by atoms with E-state index < -0.39 is 24.3 Å². The highest BCUT2D eigenvalue weighted by Gasteiger charge is 2.52. The van der Waals surface area contributed by atoms with Crippen LogP contribution in [0.3, 0.4) is 0 Å². The van der Waals surface area contributed by atoms with Crippen LogP contribution >= 0.6 is 0 Å². The highest BCUT2D eigenvalue weighted by atomic mass is 16.5. The van der Waals surface area contributed by atoms with Crippen molar-refractivity contribution in [2.75, 3.05) is 27.3 Å². The van der Waals surface area contributed by atoms with Crippen LogP contribution in [0.4, 0.5) is 9.59 Å². The van der Waals surface area contributed by atoms with E-state index in [9.17, 15) is 19.2 Å². The van der Waals surface area contributed by atoms with Gasteiger partial charge in [0.05, 0.1) is 38.2 Å². The molecule has 4 amide bonds. The third-order valence-corrected chi connectivity index (χ3v) is 12.6. The number of methoxy groups -OCH3 is 2. The van der Waals surface area contributed by atoms with Crippen LogP contribution in [0.15, 0.2) is 53.8 Å². The SMILES string of the molecule is COC(=O)N[C@H](C(=O)N1CCC[C@H]1C1=NC=C(c2ccc3c(c2)Oc2ccc(-c4cnc([C@@H]5CCCN5C(=O)[C@@H](NC(=O)OC)C(C)C)[nH]4)cc2C32CC2)C1)C(C)C. The van der Waals surface area contributed by atoms with Gasteiger partial charge in [-0.3, -0.25) is 14.6 Å². The Morgan fingerprint density at radius 2 is 1.43 bits per heavy atom. The number of hydrogen-bond donors (Lipinski definition) is 3. The van der Waals surface area contributed by atoms with E-state index in [-0.39, 0.29) is 41.1 Å². The maximum absolute atomic E-state index is 13.7. The number of aromatic amines is 1. The summed E-state index contributed by atoms with van der Waals surface area (Å²) in [6, 6.07) is 11.1. The van der Waals surface area contributed by atoms with Crippen molar-refractivity contribution >= 4 is 35.3 Å². The summed E-state index contributed by atoms with van der Waals surface area (Å²) in [6.07, 6.45) is 8.52. The van der Waals surface area contributed by atoms with Crippen LogP contribution in [-0.2, 0) is 24.5 Å². The van der Waals surface area contributed by atoms with Gasteiger partial charge in [0.15, 0.2) is 0 Å². The van der Waals surface area contributed by atoms with Gasteiger partial charge in [-0.05, 0) is 85.8 Å². The lowest BCUT2D eigenvalue weighted by molar-refractivity contribution is -0.135. The summed E-state index contributed by atoms with van der Waals surface area (Å²) in [4.78, 5) is 68.2. The molecule has 0 unspecified atom stereocenters. The highest BCUT2D eigenvalue weighted by Crippen LogP contribution is 2.62. The number of ether oxygens (including phenoxy) is 3. The molecule has 14 nitrogen and oxygen atoms in total. The number of fused-ring (bicyclic) bond motifs is 4. The Kier molecular flexibility index (Phi) is 10.5. The lowest BCUT2D eigenvalue weighted by Gasteiger charge is -2.31. The maximum atomic E-state index is 13.7. The number of amides is 4. The van der Waals surface area contributed by atoms with Crippen molar-refractivity contribution < 1.29 is 33.4 Å². The van der Waals surface area contributed by atoms with Crippen LogP contribution < -0.4 is 15.4 Å². The standard InChI is InChI=1S/C44H53N7O7/c1-24(2)37(48-42(54)56-5)40(52)50-17-7-9-33(50)31-20-28(22-45-31)26-11-13-29-36(21-26)58-35-14-12-27(19-30(35)44(29)15-16-44)32-23-46-39(47-32)34-10-8-18-51(34)41(53)38(25(3)4)49-43(55)57-6/h11-14,19,21-25,33-34,37-38H,7-10,15-18,20H2,1-6H3,(H,46,47)(H,48,54)(H,49,55)/t33-,34-,37-,38-/m0/s1. The Morgan fingerprint density at radius 3 is 2.05 bits per heavy atom. The van der Waals surface area contributed by atoms with Gasteiger partial charge in [0.25, 0.3) is 0 Å². The predicted octanol–water partition coefficient (Wildman–Crippen LogP) is 6.86. The zero-order valence-corrected chi connectivity index (χ0v) is 34.1. The molecule has 0 radical (unpaired) electrons. The fraction of sp³-hybridized carbons (Fsp3) is 0.500. The molecule has 8 rings (SSSR count). The highest BCUT2D eigenvalue weighted by molar-refractivity contribution is 6.04. The molecule has 14 heteroatoms. The van der Waals surface area contributed by atoms with Gasteiger partial charge in [0.2, 0.25) is 11.8 Å². The number of carbonyl (C=O) groups excluding carboxylic acids is 4. The van der Waals surface area contributed by atoms with Crippen LogP contribution in [0, 0.1) is 11.8 Å². The van der Waals surface area contributed by atoms with Crippen molar-refractivity contribution in [1.82, 2.24) is 30.4 Å². The molecule has 3 fully saturated rings. The molecule has 2 saturated heterocycles. The summed E-state index contributed by atoms with van der Waals surface area (Å²) in [5.74, 6) is 1.97. The minimum atomic E-state index is -0.695. The number of likely N-dealkylation sites (tertiary alicyclic amines) is 2. The number of benzene rings is 2. The van der Waals surface area contributed by atoms with Gasteiger partial charge in [-0.2, -0.15) is 0 Å². The first kappa shape index (κ1) is 39.2. The molecule has 3 N–H and O–H groups in total. The molecule has 2 aromatic carbocycles. The lowest BCUT2D eigenvalue weighted by atomic mass is 9.83. The largest absolute Gasteiger partial charge is 0.457 e. The van der Waals surface area contributed by atoms with E-state index in [1.807, 2.05) is 62.0 Å². The third kappa shape index (κ3) is 7.10. The molecule has 58 heavy (non-hydrogen) atoms. The Labute approximate surface area is 338 Å². The molecule has 306 valence electrons. The Balaban J connectivity index is 0.962. The van der Waals surface area contributed by atoms with Crippen molar-refractivity contribution in [3.63, 3.8) is 0 Å². The van der Waals surface area contributed by atoms with E-state index in [2.05, 4.69) is 39.9 Å². The van der Waals surface area contributed by atoms with Gasteiger partial charge in [0.1, 0.15) is 29.4 Å². The number of nitrogens with zero attached hydrogens (tertiary/aromatic N) is 4. The van der Waals surface area contributed by atoms with Gasteiger partial charge in [-0.1, -0.05) is 39.8 Å². The topological polar surface area (TPSA) is 168 Å². The maximum Gasteiger partial charge on any atom is 0.407 e. The minimum absolute atomic E-state index is 0.0955. The second-order valence-corrected chi connectivity index (χ2v) is 16.8. The predicted molar refractivity (Wildman–Crippen MR) is 217 cm³/mol. The van der Waals surface area contributed by atoms with Crippen LogP contribution in [0.2, 0.25) is 0 Å². The summed E-state index contributed by atoms with van der Waals surface area (Å²) in [5.41, 5.74) is 7.15. The number of nitrogens with one attached hydrogen (secondary N) is 3. The number of rotatable bonds is 10. The summed E-state index contributed by atoms with van der Waals surface area (Å²) in [7, 11) is 2.60. The fourth-order valence-corrected chi connectivity index (χ4v) is 9.22. The summed E-state index contributed by atoms with van der Waals surface area (Å²) in [5, 5.41) is 5.44. The summed E-state index contributed by atoms with van der Waals surface area (Å²) >= 11 is 0. The molecule has 4 aliphatic heterocycles. The molecular formula is C44H53N7O7. The second-order valence-electron chi connectivity index (χ2n) is 16.8. The molecule has 5 heterocycles.